The number of anilines is 1. The highest BCUT2D eigenvalue weighted by atomic mass is 16.3. The number of likely N-dealkylation sites (tertiary alicyclic amines) is 1. The molecule has 0 radical (unpaired) electrons. The minimum absolute atomic E-state index is 0.137. The summed E-state index contributed by atoms with van der Waals surface area (Å²) in [6.07, 6.45) is 3.27. The zero-order valence-corrected chi connectivity index (χ0v) is 10.2. The van der Waals surface area contributed by atoms with Gasteiger partial charge in [-0.2, -0.15) is 0 Å². The Balaban J connectivity index is 2.08. The van der Waals surface area contributed by atoms with Gasteiger partial charge in [0.15, 0.2) is 5.82 Å². The first-order chi connectivity index (χ1) is 8.61. The van der Waals surface area contributed by atoms with Crippen molar-refractivity contribution < 1.29 is 9.90 Å². The second kappa shape index (κ2) is 5.28. The number of amides is 1. The summed E-state index contributed by atoms with van der Waals surface area (Å²) >= 11 is 0. The molecular weight excluding hydrogens is 234 g/mol. The summed E-state index contributed by atoms with van der Waals surface area (Å²) in [6.45, 7) is 2.94. The predicted octanol–water partition coefficient (Wildman–Crippen LogP) is -0.395. The highest BCUT2D eigenvalue weighted by molar-refractivity contribution is 5.92. The Morgan fingerprint density at radius 3 is 3.06 bits per heavy atom. The van der Waals surface area contributed by atoms with E-state index in [4.69, 9.17) is 5.84 Å². The van der Waals surface area contributed by atoms with E-state index in [9.17, 15) is 9.90 Å². The molecule has 1 aromatic heterocycles. The zero-order valence-electron chi connectivity index (χ0n) is 10.2. The quantitative estimate of drug-likeness (QED) is 0.499. The summed E-state index contributed by atoms with van der Waals surface area (Å²) in [7, 11) is 0. The first kappa shape index (κ1) is 12.7. The molecule has 0 aliphatic carbocycles. The number of hydrogen-bond acceptors (Lipinski definition) is 6. The van der Waals surface area contributed by atoms with Crippen LogP contribution in [-0.2, 0) is 0 Å². The van der Waals surface area contributed by atoms with Gasteiger partial charge in [0, 0.05) is 19.0 Å². The van der Waals surface area contributed by atoms with E-state index in [1.807, 2.05) is 0 Å². The van der Waals surface area contributed by atoms with E-state index in [1.165, 1.54) is 12.4 Å². The zero-order chi connectivity index (χ0) is 13.1. The lowest BCUT2D eigenvalue weighted by Gasteiger charge is -2.17. The number of aliphatic hydroxyl groups is 1. The Bertz CT molecular complexity index is 437. The largest absolute Gasteiger partial charge is 0.393 e. The van der Waals surface area contributed by atoms with Gasteiger partial charge in [-0.15, -0.1) is 0 Å². The predicted molar refractivity (Wildman–Crippen MR) is 65.5 cm³/mol. The van der Waals surface area contributed by atoms with Crippen molar-refractivity contribution in [3.8, 4) is 0 Å². The second-order valence-corrected chi connectivity index (χ2v) is 4.47. The van der Waals surface area contributed by atoms with Gasteiger partial charge in [0.1, 0.15) is 5.69 Å². The van der Waals surface area contributed by atoms with Gasteiger partial charge in [0.25, 0.3) is 5.91 Å². The Morgan fingerprint density at radius 2 is 2.44 bits per heavy atom. The van der Waals surface area contributed by atoms with Crippen LogP contribution in [0.4, 0.5) is 5.82 Å². The van der Waals surface area contributed by atoms with E-state index < -0.39 is 6.10 Å². The van der Waals surface area contributed by atoms with Gasteiger partial charge in [0.05, 0.1) is 18.5 Å². The lowest BCUT2D eigenvalue weighted by atomic mass is 10.0. The number of aliphatic hydroxyl groups excluding tert-OH is 1. The molecule has 1 amide bonds. The van der Waals surface area contributed by atoms with Crippen LogP contribution in [-0.4, -0.2) is 45.1 Å². The van der Waals surface area contributed by atoms with Gasteiger partial charge >= 0.3 is 0 Å². The number of nitrogen functional groups attached to an aromatic ring is 1. The van der Waals surface area contributed by atoms with Gasteiger partial charge in [-0.3, -0.25) is 9.78 Å². The summed E-state index contributed by atoms with van der Waals surface area (Å²) in [6, 6.07) is 0. The fourth-order valence-electron chi connectivity index (χ4n) is 2.07. The molecule has 0 bridgehead atoms. The standard InChI is InChI=1S/C11H17N5O2/c1-7(17)8-2-3-16(6-8)11(18)9-4-13-5-10(14-9)15-12/h4-5,7-8,17H,2-3,6,12H2,1H3,(H,14,15). The fourth-order valence-corrected chi connectivity index (χ4v) is 2.07. The third kappa shape index (κ3) is 2.57. The van der Waals surface area contributed by atoms with Crippen LogP contribution < -0.4 is 11.3 Å². The summed E-state index contributed by atoms with van der Waals surface area (Å²) < 4.78 is 0. The van der Waals surface area contributed by atoms with E-state index in [2.05, 4.69) is 15.4 Å². The monoisotopic (exact) mass is 251 g/mol. The molecule has 98 valence electrons. The van der Waals surface area contributed by atoms with E-state index in [-0.39, 0.29) is 17.5 Å². The third-order valence-corrected chi connectivity index (χ3v) is 3.20. The molecular formula is C11H17N5O2. The van der Waals surface area contributed by atoms with Crippen molar-refractivity contribution in [3.63, 3.8) is 0 Å². The molecule has 7 nitrogen and oxygen atoms in total. The summed E-state index contributed by atoms with van der Waals surface area (Å²) in [5.41, 5.74) is 2.62. The normalized spacial score (nSPS) is 20.8. The smallest absolute Gasteiger partial charge is 0.274 e. The lowest BCUT2D eigenvalue weighted by Crippen LogP contribution is -2.31. The van der Waals surface area contributed by atoms with Crippen LogP contribution in [0, 0.1) is 5.92 Å². The molecule has 0 saturated carbocycles. The first-order valence-electron chi connectivity index (χ1n) is 5.88. The number of nitrogens with one attached hydrogen (secondary N) is 1. The summed E-state index contributed by atoms with van der Waals surface area (Å²) in [4.78, 5) is 21.8. The van der Waals surface area contributed by atoms with Crippen LogP contribution in [0.25, 0.3) is 0 Å². The lowest BCUT2D eigenvalue weighted by molar-refractivity contribution is 0.0756. The first-order valence-corrected chi connectivity index (χ1v) is 5.88. The highest BCUT2D eigenvalue weighted by Crippen LogP contribution is 2.21. The van der Waals surface area contributed by atoms with Crippen LogP contribution in [0.5, 0.6) is 0 Å². The number of rotatable bonds is 3. The fraction of sp³-hybridized carbons (Fsp3) is 0.545. The van der Waals surface area contributed by atoms with Crippen LogP contribution in [0.2, 0.25) is 0 Å². The van der Waals surface area contributed by atoms with Gasteiger partial charge in [-0.25, -0.2) is 10.8 Å². The molecule has 1 aliphatic heterocycles. The average Bonchev–Trinajstić information content (AvgIpc) is 2.87. The Morgan fingerprint density at radius 1 is 1.67 bits per heavy atom. The van der Waals surface area contributed by atoms with Crippen molar-refractivity contribution in [1.82, 2.24) is 14.9 Å². The van der Waals surface area contributed by atoms with Crippen LogP contribution in [0.3, 0.4) is 0 Å². The van der Waals surface area contributed by atoms with Crippen LogP contribution in [0.15, 0.2) is 12.4 Å². The van der Waals surface area contributed by atoms with Crippen molar-refractivity contribution in [2.75, 3.05) is 18.5 Å². The Hall–Kier alpha value is -1.73. The van der Waals surface area contributed by atoms with E-state index in [0.29, 0.717) is 18.9 Å². The molecule has 4 N–H and O–H groups in total. The molecule has 1 aliphatic rings. The van der Waals surface area contributed by atoms with Crippen molar-refractivity contribution in [2.45, 2.75) is 19.4 Å². The molecule has 2 atom stereocenters. The van der Waals surface area contributed by atoms with Crippen LogP contribution in [0.1, 0.15) is 23.8 Å². The topological polar surface area (TPSA) is 104 Å². The maximum Gasteiger partial charge on any atom is 0.274 e. The van der Waals surface area contributed by atoms with E-state index in [1.54, 1.807) is 11.8 Å². The van der Waals surface area contributed by atoms with Gasteiger partial charge in [0.2, 0.25) is 0 Å². The number of hydrogen-bond donors (Lipinski definition) is 3. The maximum atomic E-state index is 12.2. The number of carbonyl (C=O) groups excluding carboxylic acids is 1. The van der Waals surface area contributed by atoms with Gasteiger partial charge < -0.3 is 15.4 Å². The van der Waals surface area contributed by atoms with Gasteiger partial charge in [-0.1, -0.05) is 0 Å². The Labute approximate surface area is 105 Å². The summed E-state index contributed by atoms with van der Waals surface area (Å²) in [5, 5.41) is 9.51. The third-order valence-electron chi connectivity index (χ3n) is 3.20. The molecule has 0 aromatic carbocycles. The van der Waals surface area contributed by atoms with Gasteiger partial charge in [-0.05, 0) is 13.3 Å². The minimum atomic E-state index is -0.397. The number of carbonyl (C=O) groups is 1. The molecule has 2 heterocycles. The van der Waals surface area contributed by atoms with Crippen molar-refractivity contribution in [2.24, 2.45) is 11.8 Å². The number of nitrogens with two attached hydrogens (primary N) is 1. The highest BCUT2D eigenvalue weighted by Gasteiger charge is 2.30. The number of hydrazine groups is 1. The SMILES string of the molecule is CC(O)C1CCN(C(=O)c2cncc(NN)n2)C1. The number of aromatic nitrogens is 2. The minimum Gasteiger partial charge on any atom is -0.393 e. The molecule has 1 fully saturated rings. The number of nitrogens with zero attached hydrogens (tertiary/aromatic N) is 3. The van der Waals surface area contributed by atoms with Crippen molar-refractivity contribution >= 4 is 11.7 Å². The summed E-state index contributed by atoms with van der Waals surface area (Å²) in [5.74, 6) is 5.54. The van der Waals surface area contributed by atoms with Crippen molar-refractivity contribution in [1.29, 1.82) is 0 Å². The molecule has 1 saturated heterocycles. The van der Waals surface area contributed by atoms with E-state index >= 15 is 0 Å². The van der Waals surface area contributed by atoms with Crippen molar-refractivity contribution in [3.05, 3.63) is 18.1 Å². The Kier molecular flexibility index (Phi) is 3.73. The average molecular weight is 251 g/mol. The molecule has 1 aromatic rings. The molecule has 18 heavy (non-hydrogen) atoms. The van der Waals surface area contributed by atoms with Crippen LogP contribution >= 0.6 is 0 Å². The second-order valence-electron chi connectivity index (χ2n) is 4.47. The molecule has 0 spiro atoms. The molecule has 2 unspecified atom stereocenters. The molecule has 2 rings (SSSR count). The maximum absolute atomic E-state index is 12.2. The van der Waals surface area contributed by atoms with E-state index in [0.717, 1.165) is 6.42 Å². The molecule has 7 heteroatoms.